The minimum Gasteiger partial charge on any atom is -0.404 e. The van der Waals surface area contributed by atoms with Gasteiger partial charge in [0.2, 0.25) is 0 Å². The molecule has 18 heavy (non-hydrogen) atoms. The van der Waals surface area contributed by atoms with E-state index >= 15 is 0 Å². The highest BCUT2D eigenvalue weighted by atomic mass is 19.4. The number of nitrogens with zero attached hydrogens (tertiary/aromatic N) is 2. The molecular weight excluding hydrogens is 266 g/mol. The average molecular weight is 270 g/mol. The molecule has 9 heteroatoms. The van der Waals surface area contributed by atoms with E-state index in [4.69, 9.17) is 5.26 Å². The molecule has 0 amide bonds. The molecular formula is C9H4F6N2O. The van der Waals surface area contributed by atoms with E-state index in [0.717, 1.165) is 0 Å². The summed E-state index contributed by atoms with van der Waals surface area (Å²) in [5.74, 6) is -2.78. The fraction of sp³-hybridized carbons (Fsp3) is 0.333. The van der Waals surface area contributed by atoms with Crippen LogP contribution in [0.25, 0.3) is 0 Å². The van der Waals surface area contributed by atoms with Gasteiger partial charge >= 0.3 is 6.36 Å². The van der Waals surface area contributed by atoms with Crippen LogP contribution in [0.5, 0.6) is 5.75 Å². The summed E-state index contributed by atoms with van der Waals surface area (Å²) in [6, 6.07) is 1.36. The first-order valence-electron chi connectivity index (χ1n) is 4.34. The standard InChI is InChI=1S/C9H4F6N2O/c10-6-4(1-2-16)5(18-9(13,14)15)3-17-7(6)8(11)12/h3,8H,1H2. The van der Waals surface area contributed by atoms with Crippen molar-refractivity contribution in [3.8, 4) is 11.8 Å². The van der Waals surface area contributed by atoms with E-state index in [-0.39, 0.29) is 0 Å². The Balaban J connectivity index is 3.28. The first kappa shape index (κ1) is 14.1. The fourth-order valence-electron chi connectivity index (χ4n) is 1.13. The second kappa shape index (κ2) is 5.12. The third kappa shape index (κ3) is 3.26. The highest BCUT2D eigenvalue weighted by molar-refractivity contribution is 5.36. The third-order valence-corrected chi connectivity index (χ3v) is 1.80. The smallest absolute Gasteiger partial charge is 0.404 e. The number of nitriles is 1. The Morgan fingerprint density at radius 1 is 1.39 bits per heavy atom. The summed E-state index contributed by atoms with van der Waals surface area (Å²) in [4.78, 5) is 2.85. The van der Waals surface area contributed by atoms with Crippen molar-refractivity contribution in [1.82, 2.24) is 4.98 Å². The van der Waals surface area contributed by atoms with E-state index in [1.165, 1.54) is 6.07 Å². The van der Waals surface area contributed by atoms with Crippen LogP contribution >= 0.6 is 0 Å². The molecule has 0 aromatic carbocycles. The van der Waals surface area contributed by atoms with E-state index < -0.39 is 42.0 Å². The van der Waals surface area contributed by atoms with Crippen LogP contribution in [0, 0.1) is 17.1 Å². The Hall–Kier alpha value is -1.98. The molecule has 0 saturated heterocycles. The summed E-state index contributed by atoms with van der Waals surface area (Å²) < 4.78 is 77.2. The van der Waals surface area contributed by atoms with E-state index in [0.29, 0.717) is 6.20 Å². The summed E-state index contributed by atoms with van der Waals surface area (Å²) in [6.45, 7) is 0. The molecule has 1 heterocycles. The van der Waals surface area contributed by atoms with Crippen LogP contribution in [0.2, 0.25) is 0 Å². The number of ether oxygens (including phenoxy) is 1. The van der Waals surface area contributed by atoms with Crippen molar-refractivity contribution in [1.29, 1.82) is 5.26 Å². The Kier molecular flexibility index (Phi) is 4.00. The zero-order valence-electron chi connectivity index (χ0n) is 8.43. The zero-order valence-corrected chi connectivity index (χ0v) is 8.43. The van der Waals surface area contributed by atoms with Crippen LogP contribution in [-0.2, 0) is 6.42 Å². The molecule has 0 aliphatic carbocycles. The lowest BCUT2D eigenvalue weighted by atomic mass is 10.1. The lowest BCUT2D eigenvalue weighted by Crippen LogP contribution is -2.19. The Morgan fingerprint density at radius 2 is 2.00 bits per heavy atom. The number of rotatable bonds is 3. The van der Waals surface area contributed by atoms with Crippen molar-refractivity contribution in [2.75, 3.05) is 0 Å². The lowest BCUT2D eigenvalue weighted by Gasteiger charge is -2.13. The van der Waals surface area contributed by atoms with Crippen LogP contribution < -0.4 is 4.74 Å². The van der Waals surface area contributed by atoms with Crippen LogP contribution in [0.3, 0.4) is 0 Å². The predicted octanol–water partition coefficient (Wildman–Crippen LogP) is 3.12. The number of aromatic nitrogens is 1. The largest absolute Gasteiger partial charge is 0.573 e. The van der Waals surface area contributed by atoms with Crippen molar-refractivity contribution < 1.29 is 31.1 Å². The van der Waals surface area contributed by atoms with Crippen LogP contribution in [0.1, 0.15) is 17.7 Å². The van der Waals surface area contributed by atoms with Crippen molar-refractivity contribution in [3.05, 3.63) is 23.3 Å². The SMILES string of the molecule is N#CCc1c(OC(F)(F)F)cnc(C(F)F)c1F. The highest BCUT2D eigenvalue weighted by Gasteiger charge is 2.34. The van der Waals surface area contributed by atoms with Gasteiger partial charge in [-0.3, -0.25) is 0 Å². The number of alkyl halides is 5. The van der Waals surface area contributed by atoms with Gasteiger partial charge in [0, 0.05) is 5.56 Å². The van der Waals surface area contributed by atoms with Crippen molar-refractivity contribution in [2.24, 2.45) is 0 Å². The van der Waals surface area contributed by atoms with Gasteiger partial charge in [-0.15, -0.1) is 13.2 Å². The second-order valence-corrected chi connectivity index (χ2v) is 2.98. The van der Waals surface area contributed by atoms with Crippen LogP contribution in [-0.4, -0.2) is 11.3 Å². The molecule has 0 unspecified atom stereocenters. The first-order chi connectivity index (χ1) is 8.26. The monoisotopic (exact) mass is 270 g/mol. The van der Waals surface area contributed by atoms with Gasteiger partial charge < -0.3 is 4.74 Å². The van der Waals surface area contributed by atoms with Crippen molar-refractivity contribution in [2.45, 2.75) is 19.2 Å². The molecule has 0 aliphatic heterocycles. The maximum Gasteiger partial charge on any atom is 0.573 e. The molecule has 0 spiro atoms. The number of halogens is 6. The summed E-state index contributed by atoms with van der Waals surface area (Å²) in [5, 5.41) is 8.34. The number of pyridine rings is 1. The first-order valence-corrected chi connectivity index (χ1v) is 4.34. The van der Waals surface area contributed by atoms with Crippen LogP contribution in [0.15, 0.2) is 6.20 Å². The normalized spacial score (nSPS) is 11.4. The maximum absolute atomic E-state index is 13.4. The summed E-state index contributed by atoms with van der Waals surface area (Å²) >= 11 is 0. The van der Waals surface area contributed by atoms with Crippen LogP contribution in [0.4, 0.5) is 26.3 Å². The fourth-order valence-corrected chi connectivity index (χ4v) is 1.13. The molecule has 1 rings (SSSR count). The molecule has 3 nitrogen and oxygen atoms in total. The molecule has 98 valence electrons. The van der Waals surface area contributed by atoms with Gasteiger partial charge in [-0.2, -0.15) is 5.26 Å². The third-order valence-electron chi connectivity index (χ3n) is 1.80. The molecule has 0 N–H and O–H groups in total. The van der Waals surface area contributed by atoms with Gasteiger partial charge in [-0.05, 0) is 0 Å². The van der Waals surface area contributed by atoms with Crippen molar-refractivity contribution in [3.63, 3.8) is 0 Å². The van der Waals surface area contributed by atoms with E-state index in [1.54, 1.807) is 0 Å². The molecule has 0 radical (unpaired) electrons. The van der Waals surface area contributed by atoms with Gasteiger partial charge in [-0.1, -0.05) is 0 Å². The minimum absolute atomic E-state index is 0.310. The van der Waals surface area contributed by atoms with Crippen molar-refractivity contribution >= 4 is 0 Å². The van der Waals surface area contributed by atoms with Gasteiger partial charge in [0.1, 0.15) is 5.69 Å². The van der Waals surface area contributed by atoms with E-state index in [9.17, 15) is 26.3 Å². The maximum atomic E-state index is 13.4. The van der Waals surface area contributed by atoms with Gasteiger partial charge in [-0.25, -0.2) is 18.2 Å². The van der Waals surface area contributed by atoms with Gasteiger partial charge in [0.25, 0.3) is 6.43 Å². The van der Waals surface area contributed by atoms with Gasteiger partial charge in [0.15, 0.2) is 11.6 Å². The molecule has 0 atom stereocenters. The van der Waals surface area contributed by atoms with E-state index in [2.05, 4.69) is 9.72 Å². The molecule has 0 saturated carbocycles. The summed E-state index contributed by atoms with van der Waals surface area (Å²) in [5.41, 5.74) is -2.23. The molecule has 0 aliphatic rings. The molecule has 1 aromatic rings. The Labute approximate surface area is 96.6 Å². The summed E-state index contributed by atoms with van der Waals surface area (Å²) in [7, 11) is 0. The highest BCUT2D eigenvalue weighted by Crippen LogP contribution is 2.31. The zero-order chi connectivity index (χ0) is 13.9. The minimum atomic E-state index is -5.13. The second-order valence-electron chi connectivity index (χ2n) is 2.98. The number of hydrogen-bond donors (Lipinski definition) is 0. The predicted molar refractivity (Wildman–Crippen MR) is 45.2 cm³/mol. The quantitative estimate of drug-likeness (QED) is 0.793. The topological polar surface area (TPSA) is 45.9 Å². The number of hydrogen-bond acceptors (Lipinski definition) is 3. The average Bonchev–Trinajstić information content (AvgIpc) is 2.21. The summed E-state index contributed by atoms with van der Waals surface area (Å²) in [6.07, 6.45) is -8.98. The molecule has 1 aromatic heterocycles. The van der Waals surface area contributed by atoms with E-state index in [1.807, 2.05) is 0 Å². The molecule has 0 fully saturated rings. The van der Waals surface area contributed by atoms with Gasteiger partial charge in [0.05, 0.1) is 18.7 Å². The molecule has 0 bridgehead atoms. The Bertz CT molecular complexity index is 479. The lowest BCUT2D eigenvalue weighted by molar-refractivity contribution is -0.275. The Morgan fingerprint density at radius 3 is 2.44 bits per heavy atom.